The number of carbonyl (C=O) groups excluding carboxylic acids is 1. The average Bonchev–Trinajstić information content (AvgIpc) is 2.61. The second-order valence-corrected chi connectivity index (χ2v) is 7.77. The molecule has 0 bridgehead atoms. The maximum absolute atomic E-state index is 13.0. The van der Waals surface area contributed by atoms with Crippen molar-refractivity contribution in [1.29, 1.82) is 0 Å². The van der Waals surface area contributed by atoms with Crippen molar-refractivity contribution in [2.24, 2.45) is 0 Å². The zero-order valence-electron chi connectivity index (χ0n) is 15.8. The number of carbonyl (C=O) groups is 1. The Balaban J connectivity index is 2.05. The summed E-state index contributed by atoms with van der Waals surface area (Å²) in [7, 11) is 0. The van der Waals surface area contributed by atoms with E-state index < -0.39 is 5.60 Å². The number of amides is 1. The summed E-state index contributed by atoms with van der Waals surface area (Å²) in [4.78, 5) is 14.8. The first-order valence-electron chi connectivity index (χ1n) is 9.15. The average molecular weight is 349 g/mol. The lowest BCUT2D eigenvalue weighted by Crippen LogP contribution is -2.44. The molecule has 136 valence electrons. The lowest BCUT2D eigenvalue weighted by Gasteiger charge is -2.41. The van der Waals surface area contributed by atoms with E-state index in [0.29, 0.717) is 13.0 Å². The Morgan fingerprint density at radius 3 is 2.35 bits per heavy atom. The van der Waals surface area contributed by atoms with Gasteiger partial charge in [-0.25, -0.2) is 4.79 Å². The number of benzene rings is 2. The van der Waals surface area contributed by atoms with E-state index in [9.17, 15) is 4.79 Å². The molecule has 0 fully saturated rings. The van der Waals surface area contributed by atoms with Crippen molar-refractivity contribution in [3.05, 3.63) is 83.9 Å². The van der Waals surface area contributed by atoms with Gasteiger partial charge in [-0.05, 0) is 43.9 Å². The van der Waals surface area contributed by atoms with E-state index in [4.69, 9.17) is 4.74 Å². The maximum atomic E-state index is 13.0. The number of hydrogen-bond donors (Lipinski definition) is 0. The van der Waals surface area contributed by atoms with Crippen molar-refractivity contribution in [1.82, 2.24) is 4.90 Å². The molecule has 0 aliphatic carbocycles. The topological polar surface area (TPSA) is 29.5 Å². The van der Waals surface area contributed by atoms with Gasteiger partial charge in [0.2, 0.25) is 0 Å². The molecule has 3 nitrogen and oxygen atoms in total. The Hall–Kier alpha value is -2.55. The van der Waals surface area contributed by atoms with Gasteiger partial charge in [0.15, 0.2) is 0 Å². The monoisotopic (exact) mass is 349 g/mol. The molecule has 2 aromatic carbocycles. The third-order valence-corrected chi connectivity index (χ3v) is 4.71. The molecule has 0 aromatic heterocycles. The van der Waals surface area contributed by atoms with Gasteiger partial charge in [-0.15, -0.1) is 6.58 Å². The van der Waals surface area contributed by atoms with E-state index >= 15 is 0 Å². The first kappa shape index (κ1) is 18.2. The minimum Gasteiger partial charge on any atom is -0.444 e. The fourth-order valence-corrected chi connectivity index (χ4v) is 3.63. The lowest BCUT2D eigenvalue weighted by atomic mass is 9.80. The van der Waals surface area contributed by atoms with Crippen LogP contribution in [-0.2, 0) is 4.74 Å². The highest BCUT2D eigenvalue weighted by atomic mass is 16.6. The van der Waals surface area contributed by atoms with E-state index in [0.717, 1.165) is 0 Å². The van der Waals surface area contributed by atoms with Gasteiger partial charge in [-0.3, -0.25) is 4.90 Å². The second-order valence-electron chi connectivity index (χ2n) is 7.77. The van der Waals surface area contributed by atoms with Crippen LogP contribution in [0.15, 0.2) is 67.3 Å². The predicted molar refractivity (Wildman–Crippen MR) is 105 cm³/mol. The van der Waals surface area contributed by atoms with Gasteiger partial charge in [0, 0.05) is 12.5 Å². The van der Waals surface area contributed by atoms with Crippen molar-refractivity contribution in [3.8, 4) is 0 Å². The molecule has 0 saturated carbocycles. The Morgan fingerprint density at radius 2 is 1.73 bits per heavy atom. The van der Waals surface area contributed by atoms with Crippen molar-refractivity contribution in [2.75, 3.05) is 6.54 Å². The Bertz CT molecular complexity index is 776. The maximum Gasteiger partial charge on any atom is 0.410 e. The Morgan fingerprint density at radius 1 is 1.12 bits per heavy atom. The van der Waals surface area contributed by atoms with Crippen LogP contribution in [0.25, 0.3) is 0 Å². The van der Waals surface area contributed by atoms with Crippen LogP contribution in [0.4, 0.5) is 4.79 Å². The van der Waals surface area contributed by atoms with Crippen molar-refractivity contribution < 1.29 is 9.53 Å². The van der Waals surface area contributed by atoms with E-state index in [1.807, 2.05) is 56.0 Å². The van der Waals surface area contributed by atoms with E-state index in [-0.39, 0.29) is 18.1 Å². The van der Waals surface area contributed by atoms with Crippen LogP contribution in [0.1, 0.15) is 55.8 Å². The van der Waals surface area contributed by atoms with Gasteiger partial charge in [0.05, 0.1) is 6.04 Å². The normalized spacial score (nSPS) is 19.6. The molecule has 3 heteroatoms. The van der Waals surface area contributed by atoms with E-state index in [1.165, 1.54) is 16.7 Å². The fourth-order valence-electron chi connectivity index (χ4n) is 3.63. The molecule has 3 rings (SSSR count). The molecule has 2 aromatic rings. The van der Waals surface area contributed by atoms with Crippen LogP contribution >= 0.6 is 0 Å². The summed E-state index contributed by atoms with van der Waals surface area (Å²) < 4.78 is 5.71. The summed E-state index contributed by atoms with van der Waals surface area (Å²) >= 11 is 0. The molecular weight excluding hydrogens is 322 g/mol. The summed E-state index contributed by atoms with van der Waals surface area (Å²) in [6.07, 6.45) is 2.32. The van der Waals surface area contributed by atoms with Crippen molar-refractivity contribution in [3.63, 3.8) is 0 Å². The Kier molecular flexibility index (Phi) is 5.17. The quantitative estimate of drug-likeness (QED) is 0.667. The summed E-state index contributed by atoms with van der Waals surface area (Å²) in [5.74, 6) is 0.140. The first-order chi connectivity index (χ1) is 12.4. The summed E-state index contributed by atoms with van der Waals surface area (Å²) in [6.45, 7) is 10.2. The molecule has 0 saturated heterocycles. The van der Waals surface area contributed by atoms with Crippen LogP contribution in [0.2, 0.25) is 0 Å². The molecule has 1 aliphatic heterocycles. The molecule has 2 atom stereocenters. The van der Waals surface area contributed by atoms with Gasteiger partial charge >= 0.3 is 6.09 Å². The summed E-state index contributed by atoms with van der Waals surface area (Å²) in [6, 6.07) is 18.7. The third-order valence-electron chi connectivity index (χ3n) is 4.71. The van der Waals surface area contributed by atoms with Gasteiger partial charge in [-0.1, -0.05) is 60.7 Å². The number of nitrogens with zero attached hydrogens (tertiary/aromatic N) is 1. The highest BCUT2D eigenvalue weighted by Crippen LogP contribution is 2.41. The highest BCUT2D eigenvalue weighted by Gasteiger charge is 2.37. The standard InChI is InChI=1S/C23H27NO2/c1-5-11-21-19-15-10-9-14-18(19)20(17-12-7-6-8-13-17)16-24(21)22(25)26-23(2,3)4/h5-10,12-15,20-21H,1,11,16H2,2-4H3/t20-,21-/m1/s1. The van der Waals surface area contributed by atoms with Crippen molar-refractivity contribution in [2.45, 2.75) is 44.8 Å². The Labute approximate surface area is 156 Å². The molecule has 1 amide bonds. The molecular formula is C23H27NO2. The summed E-state index contributed by atoms with van der Waals surface area (Å²) in [5.41, 5.74) is 3.16. The zero-order chi connectivity index (χ0) is 18.7. The van der Waals surface area contributed by atoms with Gasteiger partial charge in [0.1, 0.15) is 5.60 Å². The molecule has 0 unspecified atom stereocenters. The van der Waals surface area contributed by atoms with Gasteiger partial charge in [-0.2, -0.15) is 0 Å². The van der Waals surface area contributed by atoms with Crippen LogP contribution in [0.5, 0.6) is 0 Å². The molecule has 1 aliphatic rings. The minimum absolute atomic E-state index is 0.0430. The molecule has 1 heterocycles. The highest BCUT2D eigenvalue weighted by molar-refractivity contribution is 5.70. The molecule has 0 N–H and O–H groups in total. The smallest absolute Gasteiger partial charge is 0.410 e. The fraction of sp³-hybridized carbons (Fsp3) is 0.348. The van der Waals surface area contributed by atoms with E-state index in [2.05, 4.69) is 36.9 Å². The third kappa shape index (κ3) is 3.82. The predicted octanol–water partition coefficient (Wildman–Crippen LogP) is 5.69. The van der Waals surface area contributed by atoms with Crippen LogP contribution in [-0.4, -0.2) is 23.1 Å². The number of fused-ring (bicyclic) bond motifs is 1. The van der Waals surface area contributed by atoms with Crippen LogP contribution < -0.4 is 0 Å². The van der Waals surface area contributed by atoms with Crippen LogP contribution in [0.3, 0.4) is 0 Å². The number of rotatable bonds is 3. The SMILES string of the molecule is C=CC[C@@H]1c2ccccc2[C@@H](c2ccccc2)CN1C(=O)OC(C)(C)C. The molecule has 0 spiro atoms. The number of ether oxygens (including phenoxy) is 1. The van der Waals surface area contributed by atoms with Crippen molar-refractivity contribution >= 4 is 6.09 Å². The van der Waals surface area contributed by atoms with Gasteiger partial charge in [0.25, 0.3) is 0 Å². The summed E-state index contributed by atoms with van der Waals surface area (Å²) in [5, 5.41) is 0. The zero-order valence-corrected chi connectivity index (χ0v) is 15.8. The second kappa shape index (κ2) is 7.36. The largest absolute Gasteiger partial charge is 0.444 e. The molecule has 0 radical (unpaired) electrons. The first-order valence-corrected chi connectivity index (χ1v) is 9.15. The van der Waals surface area contributed by atoms with E-state index in [1.54, 1.807) is 0 Å². The lowest BCUT2D eigenvalue weighted by molar-refractivity contribution is 0.0131. The molecule has 26 heavy (non-hydrogen) atoms. The minimum atomic E-state index is -0.519. The number of hydrogen-bond acceptors (Lipinski definition) is 2. The van der Waals surface area contributed by atoms with Crippen LogP contribution in [0, 0.1) is 0 Å². The van der Waals surface area contributed by atoms with Gasteiger partial charge < -0.3 is 4.74 Å².